The van der Waals surface area contributed by atoms with Crippen molar-refractivity contribution in [3.63, 3.8) is 0 Å². The number of rotatable bonds is 1. The second-order valence-corrected chi connectivity index (χ2v) is 6.27. The molecule has 3 aliphatic rings. The van der Waals surface area contributed by atoms with E-state index < -0.39 is 0 Å². The molecular weight excluding hydrogens is 302 g/mol. The molecule has 0 amide bonds. The van der Waals surface area contributed by atoms with Crippen LogP contribution in [0.5, 0.6) is 11.5 Å². The smallest absolute Gasteiger partial charge is 0.166 e. The van der Waals surface area contributed by atoms with Crippen molar-refractivity contribution in [2.45, 2.75) is 30.9 Å². The van der Waals surface area contributed by atoms with Crippen molar-refractivity contribution in [3.05, 3.63) is 35.4 Å². The molecule has 118 valence electrons. The van der Waals surface area contributed by atoms with Crippen molar-refractivity contribution in [2.24, 2.45) is 0 Å². The van der Waals surface area contributed by atoms with Crippen molar-refractivity contribution in [1.82, 2.24) is 4.90 Å². The number of halogens is 1. The molecule has 0 aromatic heterocycles. The lowest BCUT2D eigenvalue weighted by atomic mass is 9.69. The highest BCUT2D eigenvalue weighted by atomic mass is 35.5. The minimum Gasteiger partial charge on any atom is -0.493 e. The highest BCUT2D eigenvalue weighted by Crippen LogP contribution is 2.55. The Balaban J connectivity index is 0.00000144. The molecule has 0 radical (unpaired) electrons. The molecule has 1 aliphatic carbocycles. The summed E-state index contributed by atoms with van der Waals surface area (Å²) in [5.41, 5.74) is 2.35. The van der Waals surface area contributed by atoms with Crippen LogP contribution >= 0.6 is 12.4 Å². The number of nitrogens with zero attached hydrogens (tertiary/aromatic N) is 1. The van der Waals surface area contributed by atoms with E-state index in [1.54, 1.807) is 13.2 Å². The molecule has 2 atom stereocenters. The second-order valence-electron chi connectivity index (χ2n) is 6.27. The summed E-state index contributed by atoms with van der Waals surface area (Å²) >= 11 is 0. The molecule has 5 heteroatoms. The largest absolute Gasteiger partial charge is 0.493 e. The van der Waals surface area contributed by atoms with Gasteiger partial charge < -0.3 is 14.4 Å². The fourth-order valence-electron chi connectivity index (χ4n) is 3.95. The van der Waals surface area contributed by atoms with Crippen LogP contribution in [0.2, 0.25) is 0 Å². The minimum atomic E-state index is -0.169. The van der Waals surface area contributed by atoms with Crippen molar-refractivity contribution in [2.75, 3.05) is 20.7 Å². The van der Waals surface area contributed by atoms with Gasteiger partial charge in [0.25, 0.3) is 0 Å². The quantitative estimate of drug-likeness (QED) is 0.796. The average molecular weight is 322 g/mol. The summed E-state index contributed by atoms with van der Waals surface area (Å²) in [6.45, 7) is 1.90. The normalized spacial score (nSPS) is 29.0. The van der Waals surface area contributed by atoms with Gasteiger partial charge in [0, 0.05) is 18.5 Å². The summed E-state index contributed by atoms with van der Waals surface area (Å²) in [4.78, 5) is 14.1. The first-order valence-corrected chi connectivity index (χ1v) is 7.41. The Hall–Kier alpha value is -1.52. The van der Waals surface area contributed by atoms with E-state index in [1.807, 2.05) is 6.07 Å². The van der Waals surface area contributed by atoms with Gasteiger partial charge in [-0.3, -0.25) is 4.79 Å². The molecule has 0 unspecified atom stereocenters. The Kier molecular flexibility index (Phi) is 3.69. The van der Waals surface area contributed by atoms with E-state index in [0.29, 0.717) is 6.42 Å². The number of hydrogen-bond donors (Lipinski definition) is 0. The van der Waals surface area contributed by atoms with Crippen LogP contribution in [0.3, 0.4) is 0 Å². The van der Waals surface area contributed by atoms with Crippen LogP contribution in [-0.2, 0) is 16.8 Å². The van der Waals surface area contributed by atoms with E-state index in [1.165, 1.54) is 11.1 Å². The third kappa shape index (κ3) is 1.97. The number of methoxy groups -OCH3 is 1. The first-order chi connectivity index (χ1) is 10.1. The van der Waals surface area contributed by atoms with E-state index in [4.69, 9.17) is 9.47 Å². The van der Waals surface area contributed by atoms with Gasteiger partial charge in [0.1, 0.15) is 6.10 Å². The maximum absolute atomic E-state index is 11.8. The lowest BCUT2D eigenvalue weighted by molar-refractivity contribution is -0.117. The molecule has 22 heavy (non-hydrogen) atoms. The number of allylic oxidation sites excluding steroid dienone is 1. The van der Waals surface area contributed by atoms with E-state index >= 15 is 0 Å². The summed E-state index contributed by atoms with van der Waals surface area (Å²) in [6.07, 6.45) is 5.16. The fraction of sp³-hybridized carbons (Fsp3) is 0.471. The van der Waals surface area contributed by atoms with Crippen LogP contribution in [0.25, 0.3) is 0 Å². The molecule has 2 aliphatic heterocycles. The molecule has 0 fully saturated rings. The Morgan fingerprint density at radius 3 is 3.00 bits per heavy atom. The molecular formula is C17H20ClNO3. The van der Waals surface area contributed by atoms with Crippen molar-refractivity contribution in [3.8, 4) is 11.5 Å². The van der Waals surface area contributed by atoms with Gasteiger partial charge in [-0.05, 0) is 37.7 Å². The Labute approximate surface area is 136 Å². The summed E-state index contributed by atoms with van der Waals surface area (Å²) in [6, 6.07) is 4.11. The average Bonchev–Trinajstić information content (AvgIpc) is 2.72. The van der Waals surface area contributed by atoms with Crippen molar-refractivity contribution in [1.29, 1.82) is 0 Å². The zero-order chi connectivity index (χ0) is 14.6. The lowest BCUT2D eigenvalue weighted by Gasteiger charge is -2.33. The van der Waals surface area contributed by atoms with Crippen LogP contribution in [0.1, 0.15) is 24.0 Å². The first-order valence-electron chi connectivity index (χ1n) is 7.41. The predicted octanol–water partition coefficient (Wildman–Crippen LogP) is 2.48. The van der Waals surface area contributed by atoms with Crippen molar-refractivity contribution >= 4 is 18.2 Å². The van der Waals surface area contributed by atoms with Gasteiger partial charge in [-0.25, -0.2) is 0 Å². The minimum absolute atomic E-state index is 0. The molecule has 0 saturated carbocycles. The summed E-state index contributed by atoms with van der Waals surface area (Å²) < 4.78 is 11.7. The number of carbonyl (C=O) groups is 1. The molecule has 0 saturated heterocycles. The Morgan fingerprint density at radius 2 is 2.23 bits per heavy atom. The highest BCUT2D eigenvalue weighted by Gasteiger charge is 2.52. The monoisotopic (exact) mass is 321 g/mol. The number of benzene rings is 1. The maximum atomic E-state index is 11.8. The Morgan fingerprint density at radius 1 is 1.41 bits per heavy atom. The third-order valence-corrected chi connectivity index (χ3v) is 5.03. The van der Waals surface area contributed by atoms with E-state index in [-0.39, 0.29) is 29.7 Å². The molecule has 0 bridgehead atoms. The van der Waals surface area contributed by atoms with E-state index in [2.05, 4.69) is 24.1 Å². The fourth-order valence-corrected chi connectivity index (χ4v) is 3.95. The number of ether oxygens (including phenoxy) is 2. The second kappa shape index (κ2) is 5.28. The molecule has 1 aromatic rings. The predicted molar refractivity (Wildman–Crippen MR) is 86.1 cm³/mol. The molecule has 0 N–H and O–H groups in total. The van der Waals surface area contributed by atoms with Gasteiger partial charge in [-0.1, -0.05) is 12.1 Å². The molecule has 4 rings (SSSR count). The number of carbonyl (C=O) groups excluding carboxylic acids is 1. The first kappa shape index (κ1) is 15.4. The standard InChI is InChI=1S/C17H19NO3.ClH/c1-18-8-7-17-6-5-12(19)9-14(17)21-16-13(20-2)4-3-11(10-18)15(16)17;/h3-6,14H,7-10H2,1-2H3;1H/t14-,17-;/m0./s1. The van der Waals surface area contributed by atoms with E-state index in [0.717, 1.165) is 31.0 Å². The van der Waals surface area contributed by atoms with Gasteiger partial charge in [0.15, 0.2) is 17.3 Å². The van der Waals surface area contributed by atoms with Crippen LogP contribution < -0.4 is 9.47 Å². The zero-order valence-electron chi connectivity index (χ0n) is 12.8. The summed E-state index contributed by atoms with van der Waals surface area (Å²) in [5.74, 6) is 1.76. The summed E-state index contributed by atoms with van der Waals surface area (Å²) in [5, 5.41) is 0. The van der Waals surface area contributed by atoms with Gasteiger partial charge in [0.2, 0.25) is 0 Å². The lowest BCUT2D eigenvalue weighted by Crippen LogP contribution is -2.41. The molecule has 1 aromatic carbocycles. The zero-order valence-corrected chi connectivity index (χ0v) is 13.6. The summed E-state index contributed by atoms with van der Waals surface area (Å²) in [7, 11) is 3.81. The Bertz CT molecular complexity index is 658. The van der Waals surface area contributed by atoms with Crippen LogP contribution in [0.4, 0.5) is 0 Å². The van der Waals surface area contributed by atoms with Crippen molar-refractivity contribution < 1.29 is 14.3 Å². The molecule has 4 nitrogen and oxygen atoms in total. The van der Waals surface area contributed by atoms with Crippen LogP contribution in [0, 0.1) is 0 Å². The number of hydrogen-bond acceptors (Lipinski definition) is 4. The maximum Gasteiger partial charge on any atom is 0.166 e. The number of ketones is 1. The highest BCUT2D eigenvalue weighted by molar-refractivity contribution is 5.92. The third-order valence-electron chi connectivity index (χ3n) is 5.03. The topological polar surface area (TPSA) is 38.8 Å². The van der Waals surface area contributed by atoms with Gasteiger partial charge in [-0.15, -0.1) is 12.4 Å². The van der Waals surface area contributed by atoms with Crippen LogP contribution in [-0.4, -0.2) is 37.5 Å². The van der Waals surface area contributed by atoms with E-state index in [9.17, 15) is 4.79 Å². The molecule has 1 spiro atoms. The van der Waals surface area contributed by atoms with Gasteiger partial charge >= 0.3 is 0 Å². The SMILES string of the molecule is COc1ccc2c3c1O[C@H]1CC(=O)C=C[C@@]31CCN(C)C2.Cl. The van der Waals surface area contributed by atoms with Crippen LogP contribution in [0.15, 0.2) is 24.3 Å². The molecule has 2 heterocycles. The van der Waals surface area contributed by atoms with Gasteiger partial charge in [-0.2, -0.15) is 0 Å². The van der Waals surface area contributed by atoms with Gasteiger partial charge in [0.05, 0.1) is 12.5 Å².